The van der Waals surface area contributed by atoms with Gasteiger partial charge in [0.1, 0.15) is 5.75 Å². The Hall–Kier alpha value is -1.46. The van der Waals surface area contributed by atoms with Crippen molar-refractivity contribution in [3.8, 4) is 5.75 Å². The Bertz CT molecular complexity index is 550. The lowest BCUT2D eigenvalue weighted by Crippen LogP contribution is -2.36. The molecule has 0 aliphatic heterocycles. The van der Waals surface area contributed by atoms with Crippen LogP contribution in [0.25, 0.3) is 0 Å². The molecule has 5 nitrogen and oxygen atoms in total. The lowest BCUT2D eigenvalue weighted by molar-refractivity contribution is -0.141. The fourth-order valence-corrected chi connectivity index (χ4v) is 2.61. The lowest BCUT2D eigenvalue weighted by atomic mass is 10.1. The van der Waals surface area contributed by atoms with Crippen LogP contribution in [0.3, 0.4) is 0 Å². The van der Waals surface area contributed by atoms with Crippen molar-refractivity contribution in [3.63, 3.8) is 0 Å². The molecule has 7 heteroatoms. The molecule has 1 aliphatic carbocycles. The number of carbonyl (C=O) groups is 2. The number of nitrogens with one attached hydrogen (secondary N) is 1. The second-order valence-electron chi connectivity index (χ2n) is 4.98. The van der Waals surface area contributed by atoms with Crippen LogP contribution in [0, 0.1) is 5.92 Å². The van der Waals surface area contributed by atoms with Crippen molar-refractivity contribution < 1.29 is 19.4 Å². The normalized spacial score (nSPS) is 21.0. The number of benzene rings is 1. The van der Waals surface area contributed by atoms with E-state index < -0.39 is 5.97 Å². The maximum Gasteiger partial charge on any atom is 0.306 e. The van der Waals surface area contributed by atoms with Crippen LogP contribution in [0.4, 0.5) is 0 Å². The van der Waals surface area contributed by atoms with Gasteiger partial charge in [0.25, 0.3) is 5.91 Å². The second-order valence-corrected chi connectivity index (χ2v) is 5.79. The van der Waals surface area contributed by atoms with Crippen LogP contribution in [-0.2, 0) is 9.59 Å². The van der Waals surface area contributed by atoms with E-state index in [2.05, 4.69) is 5.32 Å². The highest BCUT2D eigenvalue weighted by molar-refractivity contribution is 6.42. The quantitative estimate of drug-likeness (QED) is 0.869. The Balaban J connectivity index is 1.77. The van der Waals surface area contributed by atoms with Gasteiger partial charge in [-0.1, -0.05) is 23.2 Å². The van der Waals surface area contributed by atoms with E-state index in [1.54, 1.807) is 12.1 Å². The summed E-state index contributed by atoms with van der Waals surface area (Å²) in [5.74, 6) is -1.00. The first-order valence-corrected chi connectivity index (χ1v) is 7.31. The Morgan fingerprint density at radius 1 is 1.29 bits per heavy atom. The summed E-state index contributed by atoms with van der Waals surface area (Å²) >= 11 is 11.6. The smallest absolute Gasteiger partial charge is 0.306 e. The fourth-order valence-electron chi connectivity index (χ4n) is 2.32. The van der Waals surface area contributed by atoms with Crippen molar-refractivity contribution in [2.45, 2.75) is 25.3 Å². The molecule has 21 heavy (non-hydrogen) atoms. The zero-order valence-electron chi connectivity index (χ0n) is 11.1. The van der Waals surface area contributed by atoms with Gasteiger partial charge >= 0.3 is 5.97 Å². The number of aliphatic carboxylic acids is 1. The maximum atomic E-state index is 11.8. The topological polar surface area (TPSA) is 75.6 Å². The van der Waals surface area contributed by atoms with E-state index in [9.17, 15) is 9.59 Å². The minimum atomic E-state index is -0.807. The summed E-state index contributed by atoms with van der Waals surface area (Å²) in [7, 11) is 0. The molecule has 0 spiro atoms. The van der Waals surface area contributed by atoms with Crippen molar-refractivity contribution in [1.29, 1.82) is 0 Å². The van der Waals surface area contributed by atoms with Crippen molar-refractivity contribution in [2.24, 2.45) is 5.92 Å². The van der Waals surface area contributed by atoms with E-state index in [1.807, 2.05) is 0 Å². The molecule has 0 bridgehead atoms. The summed E-state index contributed by atoms with van der Waals surface area (Å²) in [6, 6.07) is 4.65. The SMILES string of the molecule is O=C(COc1ccc(Cl)c(Cl)c1)N[C@@H]1CC[C@H](C(=O)O)C1. The van der Waals surface area contributed by atoms with Crippen molar-refractivity contribution in [1.82, 2.24) is 5.32 Å². The van der Waals surface area contributed by atoms with Crippen LogP contribution in [0.2, 0.25) is 10.0 Å². The first-order valence-electron chi connectivity index (χ1n) is 6.55. The molecule has 0 aromatic heterocycles. The van der Waals surface area contributed by atoms with Crippen LogP contribution in [0.5, 0.6) is 5.75 Å². The van der Waals surface area contributed by atoms with Crippen molar-refractivity contribution in [2.75, 3.05) is 6.61 Å². The van der Waals surface area contributed by atoms with Gasteiger partial charge in [-0.3, -0.25) is 9.59 Å². The van der Waals surface area contributed by atoms with Gasteiger partial charge in [0, 0.05) is 12.1 Å². The zero-order chi connectivity index (χ0) is 15.4. The standard InChI is InChI=1S/C14H15Cl2NO4/c15-11-4-3-10(6-12(11)16)21-7-13(18)17-9-2-1-8(5-9)14(19)20/h3-4,6,8-9H,1-2,5,7H2,(H,17,18)(H,19,20)/t8-,9+/m0/s1. The highest BCUT2D eigenvalue weighted by atomic mass is 35.5. The van der Waals surface area contributed by atoms with Gasteiger partial charge < -0.3 is 15.2 Å². The Morgan fingerprint density at radius 3 is 2.67 bits per heavy atom. The molecule has 1 aromatic carbocycles. The molecule has 1 aromatic rings. The molecule has 2 rings (SSSR count). The number of amides is 1. The second kappa shape index (κ2) is 7.00. The number of ether oxygens (including phenoxy) is 1. The molecule has 2 atom stereocenters. The van der Waals surface area contributed by atoms with Gasteiger partial charge in [0.2, 0.25) is 0 Å². The van der Waals surface area contributed by atoms with Crippen molar-refractivity contribution >= 4 is 35.1 Å². The Morgan fingerprint density at radius 2 is 2.05 bits per heavy atom. The van der Waals surface area contributed by atoms with Crippen molar-refractivity contribution in [3.05, 3.63) is 28.2 Å². The van der Waals surface area contributed by atoms with Gasteiger partial charge in [-0.25, -0.2) is 0 Å². The van der Waals surface area contributed by atoms with Gasteiger partial charge in [0.05, 0.1) is 16.0 Å². The molecular formula is C14H15Cl2NO4. The number of carboxylic acids is 1. The minimum Gasteiger partial charge on any atom is -0.484 e. The molecule has 0 heterocycles. The summed E-state index contributed by atoms with van der Waals surface area (Å²) in [4.78, 5) is 22.6. The molecule has 1 aliphatic rings. The molecule has 1 saturated carbocycles. The van der Waals surface area contributed by atoms with Gasteiger partial charge in [-0.15, -0.1) is 0 Å². The highest BCUT2D eigenvalue weighted by Crippen LogP contribution is 2.27. The van der Waals surface area contributed by atoms with E-state index in [0.29, 0.717) is 35.1 Å². The van der Waals surface area contributed by atoms with Gasteiger partial charge in [-0.05, 0) is 31.4 Å². The summed E-state index contributed by atoms with van der Waals surface area (Å²) in [6.45, 7) is -0.147. The predicted octanol–water partition coefficient (Wildman–Crippen LogP) is 2.74. The molecule has 1 amide bonds. The number of hydrogen-bond donors (Lipinski definition) is 2. The third-order valence-corrected chi connectivity index (χ3v) is 4.15. The number of carbonyl (C=O) groups excluding carboxylic acids is 1. The van der Waals surface area contributed by atoms with E-state index >= 15 is 0 Å². The zero-order valence-corrected chi connectivity index (χ0v) is 12.7. The molecule has 0 radical (unpaired) electrons. The Labute approximate surface area is 132 Å². The molecule has 2 N–H and O–H groups in total. The molecule has 0 unspecified atom stereocenters. The maximum absolute atomic E-state index is 11.8. The van der Waals surface area contributed by atoms with Crippen LogP contribution < -0.4 is 10.1 Å². The first-order chi connectivity index (χ1) is 9.95. The molecule has 0 saturated heterocycles. The van der Waals surface area contributed by atoms with Crippen LogP contribution in [0.15, 0.2) is 18.2 Å². The number of rotatable bonds is 5. The summed E-state index contributed by atoms with van der Waals surface area (Å²) < 4.78 is 5.32. The summed E-state index contributed by atoms with van der Waals surface area (Å²) in [6.07, 6.45) is 1.73. The third kappa shape index (κ3) is 4.51. The number of halogens is 2. The molecular weight excluding hydrogens is 317 g/mol. The monoisotopic (exact) mass is 331 g/mol. The predicted molar refractivity (Wildman–Crippen MR) is 78.9 cm³/mol. The molecule has 114 valence electrons. The largest absolute Gasteiger partial charge is 0.484 e. The summed E-state index contributed by atoms with van der Waals surface area (Å²) in [5, 5.41) is 12.5. The number of hydrogen-bond acceptors (Lipinski definition) is 3. The van der Waals surface area contributed by atoms with Crippen LogP contribution >= 0.6 is 23.2 Å². The van der Waals surface area contributed by atoms with E-state index in [0.717, 1.165) is 0 Å². The Kier molecular flexibility index (Phi) is 5.31. The van der Waals surface area contributed by atoms with Crippen LogP contribution in [-0.4, -0.2) is 29.6 Å². The minimum absolute atomic E-state index is 0.101. The van der Waals surface area contributed by atoms with E-state index in [-0.39, 0.29) is 24.5 Å². The van der Waals surface area contributed by atoms with E-state index in [1.165, 1.54) is 6.07 Å². The third-order valence-electron chi connectivity index (χ3n) is 3.41. The fraction of sp³-hybridized carbons (Fsp3) is 0.429. The number of carboxylic acid groups (broad SMARTS) is 1. The van der Waals surface area contributed by atoms with E-state index in [4.69, 9.17) is 33.0 Å². The van der Waals surface area contributed by atoms with Gasteiger partial charge in [0.15, 0.2) is 6.61 Å². The van der Waals surface area contributed by atoms with Gasteiger partial charge in [-0.2, -0.15) is 0 Å². The average Bonchev–Trinajstić information content (AvgIpc) is 2.89. The lowest BCUT2D eigenvalue weighted by Gasteiger charge is -2.13. The molecule has 1 fully saturated rings. The highest BCUT2D eigenvalue weighted by Gasteiger charge is 2.30. The average molecular weight is 332 g/mol. The summed E-state index contributed by atoms with van der Waals surface area (Å²) in [5.41, 5.74) is 0. The van der Waals surface area contributed by atoms with Crippen LogP contribution in [0.1, 0.15) is 19.3 Å². The first kappa shape index (κ1) is 15.9.